The molecule has 0 saturated carbocycles. The van der Waals surface area contributed by atoms with Crippen LogP contribution in [0.3, 0.4) is 0 Å². The van der Waals surface area contributed by atoms with Gasteiger partial charge in [0.1, 0.15) is 11.5 Å². The van der Waals surface area contributed by atoms with E-state index in [2.05, 4.69) is 0 Å². The van der Waals surface area contributed by atoms with Crippen LogP contribution in [0.2, 0.25) is 0 Å². The van der Waals surface area contributed by atoms with Gasteiger partial charge in [-0.1, -0.05) is 24.3 Å². The predicted octanol–water partition coefficient (Wildman–Crippen LogP) is 4.80. The van der Waals surface area contributed by atoms with Crippen molar-refractivity contribution in [3.63, 3.8) is 0 Å². The standard InChI is InChI=1S/C25H21NO5/c1-16(27)31-24-15-26(21-10-6-4-8-18(21)24)22-11-7-5-9-19(22)25(28)20-13-12-17(29-2)14-23(20)30-3/h4-15H,1-3H3. The zero-order valence-corrected chi connectivity index (χ0v) is 17.4. The van der Waals surface area contributed by atoms with Gasteiger partial charge >= 0.3 is 5.97 Å². The first-order valence-corrected chi connectivity index (χ1v) is 9.68. The van der Waals surface area contributed by atoms with E-state index in [1.807, 2.05) is 47.0 Å². The summed E-state index contributed by atoms with van der Waals surface area (Å²) in [5.74, 6) is 0.866. The quantitative estimate of drug-likeness (QED) is 0.334. The van der Waals surface area contributed by atoms with Gasteiger partial charge in [-0.3, -0.25) is 9.59 Å². The van der Waals surface area contributed by atoms with E-state index in [9.17, 15) is 9.59 Å². The second-order valence-electron chi connectivity index (χ2n) is 6.89. The lowest BCUT2D eigenvalue weighted by Gasteiger charge is -2.13. The van der Waals surface area contributed by atoms with Crippen molar-refractivity contribution < 1.29 is 23.8 Å². The third-order valence-electron chi connectivity index (χ3n) is 4.99. The van der Waals surface area contributed by atoms with Crippen molar-refractivity contribution in [1.82, 2.24) is 4.57 Å². The number of benzene rings is 3. The molecular weight excluding hydrogens is 394 g/mol. The van der Waals surface area contributed by atoms with Crippen LogP contribution >= 0.6 is 0 Å². The Balaban J connectivity index is 1.88. The van der Waals surface area contributed by atoms with Gasteiger partial charge in [0.05, 0.1) is 37.2 Å². The van der Waals surface area contributed by atoms with Crippen molar-refractivity contribution in [2.24, 2.45) is 0 Å². The lowest BCUT2D eigenvalue weighted by Crippen LogP contribution is -2.09. The summed E-state index contributed by atoms with van der Waals surface area (Å²) in [6.07, 6.45) is 1.73. The highest BCUT2D eigenvalue weighted by molar-refractivity contribution is 6.13. The predicted molar refractivity (Wildman–Crippen MR) is 118 cm³/mol. The van der Waals surface area contributed by atoms with Crippen LogP contribution in [0.1, 0.15) is 22.8 Å². The Morgan fingerprint density at radius 1 is 0.806 bits per heavy atom. The maximum atomic E-state index is 13.5. The van der Waals surface area contributed by atoms with Crippen molar-refractivity contribution >= 4 is 22.7 Å². The van der Waals surface area contributed by atoms with Gasteiger partial charge in [-0.25, -0.2) is 0 Å². The number of hydrogen-bond donors (Lipinski definition) is 0. The van der Waals surface area contributed by atoms with Gasteiger partial charge in [0, 0.05) is 23.9 Å². The van der Waals surface area contributed by atoms with E-state index >= 15 is 0 Å². The van der Waals surface area contributed by atoms with E-state index in [1.54, 1.807) is 37.6 Å². The molecule has 6 heteroatoms. The number of carbonyl (C=O) groups is 2. The Morgan fingerprint density at radius 3 is 2.29 bits per heavy atom. The molecule has 0 fully saturated rings. The number of ether oxygens (including phenoxy) is 3. The summed E-state index contributed by atoms with van der Waals surface area (Å²) in [5.41, 5.74) is 2.40. The number of methoxy groups -OCH3 is 2. The average molecular weight is 415 g/mol. The highest BCUT2D eigenvalue weighted by Crippen LogP contribution is 2.33. The van der Waals surface area contributed by atoms with Gasteiger partial charge in [0.25, 0.3) is 0 Å². The molecule has 0 aliphatic rings. The zero-order chi connectivity index (χ0) is 22.0. The number of aromatic nitrogens is 1. The summed E-state index contributed by atoms with van der Waals surface area (Å²) in [7, 11) is 3.08. The van der Waals surface area contributed by atoms with E-state index in [0.717, 1.165) is 10.9 Å². The number of para-hydroxylation sites is 2. The van der Waals surface area contributed by atoms with Crippen molar-refractivity contribution in [2.75, 3.05) is 14.2 Å². The van der Waals surface area contributed by atoms with E-state index < -0.39 is 5.97 Å². The second-order valence-corrected chi connectivity index (χ2v) is 6.89. The third-order valence-corrected chi connectivity index (χ3v) is 4.99. The normalized spacial score (nSPS) is 10.7. The molecule has 1 heterocycles. The van der Waals surface area contributed by atoms with Crippen LogP contribution in [-0.2, 0) is 4.79 Å². The topological polar surface area (TPSA) is 66.8 Å². The largest absolute Gasteiger partial charge is 0.497 e. The summed E-state index contributed by atoms with van der Waals surface area (Å²) >= 11 is 0. The molecule has 0 atom stereocenters. The number of fused-ring (bicyclic) bond motifs is 1. The van der Waals surface area contributed by atoms with Crippen LogP contribution in [0.4, 0.5) is 0 Å². The molecule has 0 unspecified atom stereocenters. The molecule has 0 aliphatic heterocycles. The van der Waals surface area contributed by atoms with E-state index in [1.165, 1.54) is 14.0 Å². The second kappa shape index (κ2) is 8.36. The van der Waals surface area contributed by atoms with Crippen LogP contribution in [0.15, 0.2) is 72.9 Å². The number of rotatable bonds is 6. The van der Waals surface area contributed by atoms with Crippen molar-refractivity contribution in [3.05, 3.63) is 84.1 Å². The molecule has 0 N–H and O–H groups in total. The van der Waals surface area contributed by atoms with Gasteiger partial charge in [-0.15, -0.1) is 0 Å². The SMILES string of the molecule is COc1ccc(C(=O)c2ccccc2-n2cc(OC(C)=O)c3ccccc32)c(OC)c1. The Bertz CT molecular complexity index is 1290. The Labute approximate surface area is 179 Å². The van der Waals surface area contributed by atoms with Crippen LogP contribution in [0.25, 0.3) is 16.6 Å². The summed E-state index contributed by atoms with van der Waals surface area (Å²) < 4.78 is 17.9. The molecule has 0 spiro atoms. The molecular formula is C25H21NO5. The molecule has 4 aromatic rings. The molecule has 31 heavy (non-hydrogen) atoms. The summed E-state index contributed by atoms with van der Waals surface area (Å²) in [4.78, 5) is 25.1. The highest BCUT2D eigenvalue weighted by Gasteiger charge is 2.21. The number of carbonyl (C=O) groups excluding carboxylic acids is 2. The maximum absolute atomic E-state index is 13.5. The van der Waals surface area contributed by atoms with Gasteiger partial charge in [-0.2, -0.15) is 0 Å². The van der Waals surface area contributed by atoms with E-state index in [4.69, 9.17) is 14.2 Å². The first-order valence-electron chi connectivity index (χ1n) is 9.68. The summed E-state index contributed by atoms with van der Waals surface area (Å²) in [5, 5.41) is 0.780. The third kappa shape index (κ3) is 3.75. The first-order chi connectivity index (χ1) is 15.0. The minimum absolute atomic E-state index is 0.193. The van der Waals surface area contributed by atoms with Crippen LogP contribution in [-0.4, -0.2) is 30.5 Å². The summed E-state index contributed by atoms with van der Waals surface area (Å²) in [6, 6.07) is 19.9. The molecule has 0 saturated heterocycles. The van der Waals surface area contributed by atoms with Gasteiger partial charge in [-0.05, 0) is 36.4 Å². The smallest absolute Gasteiger partial charge is 0.308 e. The number of hydrogen-bond acceptors (Lipinski definition) is 5. The van der Waals surface area contributed by atoms with Crippen molar-refractivity contribution in [3.8, 4) is 22.9 Å². The fraction of sp³-hybridized carbons (Fsp3) is 0.120. The van der Waals surface area contributed by atoms with Crippen molar-refractivity contribution in [1.29, 1.82) is 0 Å². The fourth-order valence-electron chi connectivity index (χ4n) is 3.59. The van der Waals surface area contributed by atoms with Gasteiger partial charge in [0.15, 0.2) is 11.5 Å². The monoisotopic (exact) mass is 415 g/mol. The highest BCUT2D eigenvalue weighted by atomic mass is 16.5. The number of ketones is 1. The minimum Gasteiger partial charge on any atom is -0.497 e. The van der Waals surface area contributed by atoms with Crippen LogP contribution in [0, 0.1) is 0 Å². The Morgan fingerprint density at radius 2 is 1.55 bits per heavy atom. The van der Waals surface area contributed by atoms with E-state index in [-0.39, 0.29) is 5.78 Å². The molecule has 0 amide bonds. The van der Waals surface area contributed by atoms with E-state index in [0.29, 0.717) is 34.1 Å². The Hall–Kier alpha value is -4.06. The molecule has 4 rings (SSSR count). The molecule has 0 bridgehead atoms. The first kappa shape index (κ1) is 20.2. The molecule has 156 valence electrons. The molecule has 6 nitrogen and oxygen atoms in total. The van der Waals surface area contributed by atoms with Gasteiger partial charge < -0.3 is 18.8 Å². The lowest BCUT2D eigenvalue weighted by atomic mass is 10.0. The molecule has 3 aromatic carbocycles. The number of esters is 1. The van der Waals surface area contributed by atoms with Gasteiger partial charge in [0.2, 0.25) is 0 Å². The minimum atomic E-state index is -0.407. The van der Waals surface area contributed by atoms with Crippen LogP contribution in [0.5, 0.6) is 17.2 Å². The average Bonchev–Trinajstić information content (AvgIpc) is 3.16. The number of nitrogens with zero attached hydrogens (tertiary/aromatic N) is 1. The van der Waals surface area contributed by atoms with Crippen LogP contribution < -0.4 is 14.2 Å². The van der Waals surface area contributed by atoms with Crippen molar-refractivity contribution in [2.45, 2.75) is 6.92 Å². The molecule has 1 aromatic heterocycles. The lowest BCUT2D eigenvalue weighted by molar-refractivity contribution is -0.131. The Kier molecular flexibility index (Phi) is 5.45. The molecule has 0 aliphatic carbocycles. The summed E-state index contributed by atoms with van der Waals surface area (Å²) in [6.45, 7) is 1.36. The maximum Gasteiger partial charge on any atom is 0.308 e. The molecule has 0 radical (unpaired) electrons. The fourth-order valence-corrected chi connectivity index (χ4v) is 3.59. The zero-order valence-electron chi connectivity index (χ0n) is 17.4.